The first kappa shape index (κ1) is 28.3. The molecule has 3 heteroatoms. The van der Waals surface area contributed by atoms with E-state index in [1.165, 1.54) is 93.8 Å². The van der Waals surface area contributed by atoms with Gasteiger partial charge in [-0.1, -0.05) is 97.1 Å². The van der Waals surface area contributed by atoms with Crippen LogP contribution >= 0.6 is 0 Å². The number of hydrogen-bond acceptors (Lipinski definition) is 0. The van der Waals surface area contributed by atoms with Crippen LogP contribution in [-0.2, 0) is 6.42 Å². The molecule has 0 bridgehead atoms. The number of H-pyrrole nitrogens is 1. The molecule has 0 aliphatic heterocycles. The van der Waals surface area contributed by atoms with Crippen LogP contribution in [0.15, 0.2) is 170 Å². The maximum Gasteiger partial charge on any atom is 0.0541 e. The molecule has 240 valence electrons. The summed E-state index contributed by atoms with van der Waals surface area (Å²) in [5, 5.41) is 6.42. The number of aromatic nitrogens is 3. The second kappa shape index (κ2) is 11.0. The van der Waals surface area contributed by atoms with Gasteiger partial charge in [0, 0.05) is 61.0 Å². The number of benzene rings is 7. The van der Waals surface area contributed by atoms with Crippen LogP contribution in [0.4, 0.5) is 0 Å². The van der Waals surface area contributed by atoms with Crippen LogP contribution < -0.4 is 0 Å². The van der Waals surface area contributed by atoms with Crippen molar-refractivity contribution in [2.24, 2.45) is 0 Å². The largest absolute Gasteiger partial charge is 0.355 e. The summed E-state index contributed by atoms with van der Waals surface area (Å²) < 4.78 is 4.79. The lowest BCUT2D eigenvalue weighted by Gasteiger charge is -2.19. The SMILES string of the molecule is C1=CC(c2ccc3[nH]c4ccc(-c5ccc6c(c5)c5ccccc5n6-c5ccccc5)cc4c3c2)Cc2c1n(-c1ccccc1)c1ccccc21. The van der Waals surface area contributed by atoms with Gasteiger partial charge in [0.25, 0.3) is 0 Å². The molecule has 0 saturated heterocycles. The number of allylic oxidation sites excluding steroid dienone is 1. The lowest BCUT2D eigenvalue weighted by molar-refractivity contribution is 0.827. The van der Waals surface area contributed by atoms with Crippen molar-refractivity contribution in [2.75, 3.05) is 0 Å². The second-order valence-corrected chi connectivity index (χ2v) is 13.8. The number of nitrogens with one attached hydrogen (secondary N) is 1. The molecule has 1 aliphatic carbocycles. The van der Waals surface area contributed by atoms with Gasteiger partial charge in [-0.2, -0.15) is 0 Å². The molecule has 11 rings (SSSR count). The van der Waals surface area contributed by atoms with Crippen LogP contribution in [0.5, 0.6) is 0 Å². The van der Waals surface area contributed by atoms with Crippen molar-refractivity contribution < 1.29 is 0 Å². The topological polar surface area (TPSA) is 25.6 Å². The van der Waals surface area contributed by atoms with Crippen molar-refractivity contribution >= 4 is 60.6 Å². The Labute approximate surface area is 295 Å². The van der Waals surface area contributed by atoms with Gasteiger partial charge in [0.1, 0.15) is 0 Å². The molecular weight excluding hydrogens is 619 g/mol. The standard InChI is InChI=1S/C48H33N3/c1-3-11-35(12-4-1)50-45-17-9-7-15-37(45)41-29-33(21-25-47(41)50)31-19-23-43-39(27-31)40-28-32(20-24-44(40)49-43)34-22-26-48-42(30-34)38-16-8-10-18-46(38)51(48)36-13-5-2-6-14-36/h1-29,34,49H,30H2. The molecule has 1 aliphatic rings. The number of para-hydroxylation sites is 4. The third kappa shape index (κ3) is 4.31. The highest BCUT2D eigenvalue weighted by Crippen LogP contribution is 2.41. The number of aromatic amines is 1. The summed E-state index contributed by atoms with van der Waals surface area (Å²) in [6.07, 6.45) is 5.73. The molecule has 1 N–H and O–H groups in total. The van der Waals surface area contributed by atoms with E-state index in [0.29, 0.717) is 5.92 Å². The van der Waals surface area contributed by atoms with Crippen LogP contribution in [0.3, 0.4) is 0 Å². The molecule has 51 heavy (non-hydrogen) atoms. The number of fused-ring (bicyclic) bond motifs is 9. The average Bonchev–Trinajstić information content (AvgIpc) is 3.85. The van der Waals surface area contributed by atoms with Gasteiger partial charge in [-0.05, 0) is 108 Å². The molecule has 0 spiro atoms. The first-order valence-electron chi connectivity index (χ1n) is 17.8. The summed E-state index contributed by atoms with van der Waals surface area (Å²) in [5.41, 5.74) is 15.0. The van der Waals surface area contributed by atoms with E-state index in [9.17, 15) is 0 Å². The maximum atomic E-state index is 3.70. The molecule has 1 unspecified atom stereocenters. The number of hydrogen-bond donors (Lipinski definition) is 1. The minimum Gasteiger partial charge on any atom is -0.355 e. The zero-order valence-electron chi connectivity index (χ0n) is 27.9. The zero-order valence-corrected chi connectivity index (χ0v) is 27.9. The third-order valence-electron chi connectivity index (χ3n) is 11.0. The highest BCUT2D eigenvalue weighted by atomic mass is 15.0. The van der Waals surface area contributed by atoms with E-state index in [2.05, 4.69) is 190 Å². The molecule has 0 fully saturated rings. The Morgan fingerprint density at radius 3 is 1.78 bits per heavy atom. The summed E-state index contributed by atoms with van der Waals surface area (Å²) >= 11 is 0. The van der Waals surface area contributed by atoms with Gasteiger partial charge >= 0.3 is 0 Å². The third-order valence-corrected chi connectivity index (χ3v) is 11.0. The van der Waals surface area contributed by atoms with Crippen molar-refractivity contribution in [3.63, 3.8) is 0 Å². The van der Waals surface area contributed by atoms with E-state index in [0.717, 1.165) is 6.42 Å². The van der Waals surface area contributed by atoms with Crippen LogP contribution in [0, 0.1) is 0 Å². The first-order chi connectivity index (χ1) is 25.3. The Kier molecular flexibility index (Phi) is 6.08. The minimum absolute atomic E-state index is 0.300. The van der Waals surface area contributed by atoms with Gasteiger partial charge in [-0.25, -0.2) is 0 Å². The highest BCUT2D eigenvalue weighted by molar-refractivity contribution is 6.12. The predicted octanol–water partition coefficient (Wildman–Crippen LogP) is 12.4. The zero-order chi connectivity index (χ0) is 33.5. The lowest BCUT2D eigenvalue weighted by atomic mass is 9.86. The van der Waals surface area contributed by atoms with Crippen molar-refractivity contribution in [2.45, 2.75) is 12.3 Å². The van der Waals surface area contributed by atoms with E-state index in [-0.39, 0.29) is 0 Å². The smallest absolute Gasteiger partial charge is 0.0541 e. The van der Waals surface area contributed by atoms with Crippen molar-refractivity contribution in [3.8, 4) is 22.5 Å². The van der Waals surface area contributed by atoms with E-state index < -0.39 is 0 Å². The van der Waals surface area contributed by atoms with Crippen molar-refractivity contribution in [1.82, 2.24) is 14.1 Å². The minimum atomic E-state index is 0.300. The molecule has 0 saturated carbocycles. The Balaban J connectivity index is 1.00. The predicted molar refractivity (Wildman–Crippen MR) is 214 cm³/mol. The molecule has 0 amide bonds. The highest BCUT2D eigenvalue weighted by Gasteiger charge is 2.24. The van der Waals surface area contributed by atoms with Crippen LogP contribution in [0.25, 0.3) is 83.1 Å². The fraction of sp³-hybridized carbons (Fsp3) is 0.0417. The Morgan fingerprint density at radius 2 is 1.02 bits per heavy atom. The van der Waals surface area contributed by atoms with E-state index >= 15 is 0 Å². The quantitative estimate of drug-likeness (QED) is 0.196. The molecule has 0 radical (unpaired) electrons. The van der Waals surface area contributed by atoms with Gasteiger partial charge in [0.2, 0.25) is 0 Å². The normalized spacial score (nSPS) is 14.3. The average molecular weight is 652 g/mol. The summed E-state index contributed by atoms with van der Waals surface area (Å²) in [6, 6.07) is 59.8. The summed E-state index contributed by atoms with van der Waals surface area (Å²) in [4.78, 5) is 3.70. The molecule has 3 nitrogen and oxygen atoms in total. The Hall–Kier alpha value is -6.58. The summed E-state index contributed by atoms with van der Waals surface area (Å²) in [6.45, 7) is 0. The van der Waals surface area contributed by atoms with E-state index in [1.54, 1.807) is 0 Å². The van der Waals surface area contributed by atoms with E-state index in [4.69, 9.17) is 0 Å². The molecular formula is C48H33N3. The molecule has 1 atom stereocenters. The van der Waals surface area contributed by atoms with Gasteiger partial charge < -0.3 is 14.1 Å². The molecule has 10 aromatic rings. The second-order valence-electron chi connectivity index (χ2n) is 13.8. The molecule has 3 aromatic heterocycles. The fourth-order valence-corrected chi connectivity index (χ4v) is 8.63. The van der Waals surface area contributed by atoms with Crippen LogP contribution in [0.1, 0.15) is 22.7 Å². The van der Waals surface area contributed by atoms with Crippen molar-refractivity contribution in [3.05, 3.63) is 187 Å². The summed E-state index contributed by atoms with van der Waals surface area (Å²) in [5.74, 6) is 0.300. The Bertz CT molecular complexity index is 2990. The fourth-order valence-electron chi connectivity index (χ4n) is 8.63. The van der Waals surface area contributed by atoms with E-state index in [1.807, 2.05) is 0 Å². The first-order valence-corrected chi connectivity index (χ1v) is 17.8. The van der Waals surface area contributed by atoms with Gasteiger partial charge in [-0.3, -0.25) is 0 Å². The number of nitrogens with zero attached hydrogens (tertiary/aromatic N) is 2. The van der Waals surface area contributed by atoms with Gasteiger partial charge in [-0.15, -0.1) is 0 Å². The van der Waals surface area contributed by atoms with Gasteiger partial charge in [0.15, 0.2) is 0 Å². The molecule has 7 aromatic carbocycles. The van der Waals surface area contributed by atoms with Crippen LogP contribution in [0.2, 0.25) is 0 Å². The Morgan fingerprint density at radius 1 is 0.451 bits per heavy atom. The van der Waals surface area contributed by atoms with Gasteiger partial charge in [0.05, 0.1) is 16.6 Å². The van der Waals surface area contributed by atoms with Crippen molar-refractivity contribution in [1.29, 1.82) is 0 Å². The monoisotopic (exact) mass is 651 g/mol. The van der Waals surface area contributed by atoms with Crippen LogP contribution in [-0.4, -0.2) is 14.1 Å². The number of rotatable bonds is 4. The maximum absolute atomic E-state index is 3.70. The molecule has 3 heterocycles. The lowest BCUT2D eigenvalue weighted by Crippen LogP contribution is -2.07. The summed E-state index contributed by atoms with van der Waals surface area (Å²) in [7, 11) is 0.